The van der Waals surface area contributed by atoms with E-state index in [1.165, 1.54) is 0 Å². The minimum atomic E-state index is -0.695. The van der Waals surface area contributed by atoms with E-state index in [0.717, 1.165) is 24.8 Å². The van der Waals surface area contributed by atoms with Gasteiger partial charge in [0.1, 0.15) is 6.61 Å². The zero-order chi connectivity index (χ0) is 13.5. The lowest BCUT2D eigenvalue weighted by atomic mass is 10.1. The van der Waals surface area contributed by atoms with Crippen molar-refractivity contribution < 1.29 is 14.3 Å². The summed E-state index contributed by atoms with van der Waals surface area (Å²) in [4.78, 5) is 24.9. The molecule has 102 valence electrons. The second kappa shape index (κ2) is 6.78. The van der Waals surface area contributed by atoms with Crippen LogP contribution in [0.25, 0.3) is 0 Å². The number of alkyl carbamates (subject to hydrolysis) is 1. The third-order valence-corrected chi connectivity index (χ3v) is 3.07. The Balaban J connectivity index is 1.73. The summed E-state index contributed by atoms with van der Waals surface area (Å²) in [5, 5.41) is 2.25. The van der Waals surface area contributed by atoms with Gasteiger partial charge >= 0.3 is 12.1 Å². The molecule has 3 amide bonds. The molecule has 0 aliphatic carbocycles. The van der Waals surface area contributed by atoms with Gasteiger partial charge in [-0.25, -0.2) is 14.9 Å². The van der Waals surface area contributed by atoms with Gasteiger partial charge in [0, 0.05) is 13.1 Å². The topological polar surface area (TPSA) is 58.6 Å². The first kappa shape index (κ1) is 13.4. The van der Waals surface area contributed by atoms with Gasteiger partial charge in [-0.1, -0.05) is 30.3 Å². The summed E-state index contributed by atoms with van der Waals surface area (Å²) < 4.78 is 4.99. The number of amides is 3. The van der Waals surface area contributed by atoms with Crippen LogP contribution in [0.5, 0.6) is 0 Å². The number of likely N-dealkylation sites (tertiary alicyclic amines) is 1. The van der Waals surface area contributed by atoms with Gasteiger partial charge < -0.3 is 9.64 Å². The molecule has 1 fully saturated rings. The number of carbonyl (C=O) groups is 2. The number of rotatable bonds is 2. The minimum Gasteiger partial charge on any atom is -0.444 e. The molecule has 0 saturated carbocycles. The van der Waals surface area contributed by atoms with Crippen LogP contribution in [0.4, 0.5) is 9.59 Å². The van der Waals surface area contributed by atoms with Gasteiger partial charge in [-0.05, 0) is 24.8 Å². The Morgan fingerprint density at radius 3 is 2.47 bits per heavy atom. The number of hydrogen-bond donors (Lipinski definition) is 1. The average molecular weight is 262 g/mol. The number of piperidine rings is 1. The Morgan fingerprint density at radius 1 is 1.11 bits per heavy atom. The molecule has 5 heteroatoms. The molecule has 2 rings (SSSR count). The summed E-state index contributed by atoms with van der Waals surface area (Å²) in [5.74, 6) is 0. The normalized spacial score (nSPS) is 14.8. The molecule has 0 spiro atoms. The van der Waals surface area contributed by atoms with Crippen molar-refractivity contribution >= 4 is 12.1 Å². The van der Waals surface area contributed by atoms with Crippen molar-refractivity contribution in [3.05, 3.63) is 35.9 Å². The molecule has 0 atom stereocenters. The van der Waals surface area contributed by atoms with Crippen molar-refractivity contribution in [2.24, 2.45) is 0 Å². The Hall–Kier alpha value is -2.04. The predicted octanol–water partition coefficient (Wildman–Crippen LogP) is 2.52. The second-order valence-electron chi connectivity index (χ2n) is 4.54. The summed E-state index contributed by atoms with van der Waals surface area (Å²) >= 11 is 0. The predicted molar refractivity (Wildman–Crippen MR) is 70.6 cm³/mol. The SMILES string of the molecule is O=C(NC(=O)N1CCCCC1)OCc1ccccc1. The Kier molecular flexibility index (Phi) is 4.78. The average Bonchev–Trinajstić information content (AvgIpc) is 2.47. The van der Waals surface area contributed by atoms with E-state index in [4.69, 9.17) is 4.74 Å². The standard InChI is InChI=1S/C14H18N2O3/c17-13(16-9-5-2-6-10-16)15-14(18)19-11-12-7-3-1-4-8-12/h1,3-4,7-8H,2,5-6,9-11H2,(H,15,17,18). The zero-order valence-electron chi connectivity index (χ0n) is 10.8. The van der Waals surface area contributed by atoms with Crippen LogP contribution in [0.15, 0.2) is 30.3 Å². The van der Waals surface area contributed by atoms with Crippen molar-refractivity contribution in [3.8, 4) is 0 Å². The van der Waals surface area contributed by atoms with Gasteiger partial charge in [0.05, 0.1) is 0 Å². The highest BCUT2D eigenvalue weighted by Crippen LogP contribution is 2.08. The summed E-state index contributed by atoms with van der Waals surface area (Å²) in [6, 6.07) is 8.99. The van der Waals surface area contributed by atoms with Crippen molar-refractivity contribution in [2.75, 3.05) is 13.1 Å². The van der Waals surface area contributed by atoms with E-state index in [1.807, 2.05) is 30.3 Å². The molecular formula is C14H18N2O3. The fourth-order valence-corrected chi connectivity index (χ4v) is 2.02. The lowest BCUT2D eigenvalue weighted by molar-refractivity contribution is 0.134. The quantitative estimate of drug-likeness (QED) is 0.891. The minimum absolute atomic E-state index is 0.167. The molecule has 1 aliphatic heterocycles. The number of imide groups is 1. The summed E-state index contributed by atoms with van der Waals surface area (Å²) in [5.41, 5.74) is 0.892. The van der Waals surface area contributed by atoms with Crippen molar-refractivity contribution in [1.29, 1.82) is 0 Å². The van der Waals surface area contributed by atoms with Crippen LogP contribution in [0.3, 0.4) is 0 Å². The summed E-state index contributed by atoms with van der Waals surface area (Å²) in [7, 11) is 0. The molecule has 0 radical (unpaired) electrons. The maximum absolute atomic E-state index is 11.7. The van der Waals surface area contributed by atoms with E-state index in [9.17, 15) is 9.59 Å². The fourth-order valence-electron chi connectivity index (χ4n) is 2.02. The van der Waals surface area contributed by atoms with Gasteiger partial charge in [0.2, 0.25) is 0 Å². The largest absolute Gasteiger partial charge is 0.444 e. The molecule has 1 aliphatic rings. The molecule has 19 heavy (non-hydrogen) atoms. The van der Waals surface area contributed by atoms with Crippen LogP contribution in [0, 0.1) is 0 Å². The molecule has 1 aromatic carbocycles. The van der Waals surface area contributed by atoms with E-state index in [-0.39, 0.29) is 12.6 Å². The van der Waals surface area contributed by atoms with Gasteiger partial charge in [-0.3, -0.25) is 0 Å². The second-order valence-corrected chi connectivity index (χ2v) is 4.54. The van der Waals surface area contributed by atoms with Crippen LogP contribution < -0.4 is 5.32 Å². The van der Waals surface area contributed by atoms with E-state index in [1.54, 1.807) is 4.90 Å². The number of urea groups is 1. The Labute approximate surface area is 112 Å². The van der Waals surface area contributed by atoms with Gasteiger partial charge in [-0.15, -0.1) is 0 Å². The molecule has 1 N–H and O–H groups in total. The van der Waals surface area contributed by atoms with Gasteiger partial charge in [0.25, 0.3) is 0 Å². The third kappa shape index (κ3) is 4.28. The van der Waals surface area contributed by atoms with Crippen molar-refractivity contribution in [2.45, 2.75) is 25.9 Å². The first-order chi connectivity index (χ1) is 9.25. The number of carbonyl (C=O) groups excluding carboxylic acids is 2. The van der Waals surface area contributed by atoms with Crippen molar-refractivity contribution in [1.82, 2.24) is 10.2 Å². The maximum atomic E-state index is 11.7. The Morgan fingerprint density at radius 2 is 1.79 bits per heavy atom. The Bertz CT molecular complexity index is 428. The van der Waals surface area contributed by atoms with E-state index >= 15 is 0 Å². The molecule has 5 nitrogen and oxygen atoms in total. The van der Waals surface area contributed by atoms with E-state index < -0.39 is 6.09 Å². The molecule has 1 heterocycles. The summed E-state index contributed by atoms with van der Waals surface area (Å²) in [6.07, 6.45) is 2.43. The van der Waals surface area contributed by atoms with Crippen molar-refractivity contribution in [3.63, 3.8) is 0 Å². The van der Waals surface area contributed by atoms with Crippen LogP contribution in [0.2, 0.25) is 0 Å². The van der Waals surface area contributed by atoms with E-state index in [2.05, 4.69) is 5.32 Å². The van der Waals surface area contributed by atoms with Gasteiger partial charge in [0.15, 0.2) is 0 Å². The smallest absolute Gasteiger partial charge is 0.415 e. The first-order valence-electron chi connectivity index (χ1n) is 6.52. The number of hydrogen-bond acceptors (Lipinski definition) is 3. The van der Waals surface area contributed by atoms with Crippen LogP contribution in [0.1, 0.15) is 24.8 Å². The molecular weight excluding hydrogens is 244 g/mol. The number of nitrogens with zero attached hydrogens (tertiary/aromatic N) is 1. The molecule has 1 aromatic rings. The summed E-state index contributed by atoms with van der Waals surface area (Å²) in [6.45, 7) is 1.58. The van der Waals surface area contributed by atoms with Crippen LogP contribution >= 0.6 is 0 Å². The first-order valence-corrected chi connectivity index (χ1v) is 6.52. The zero-order valence-corrected chi connectivity index (χ0v) is 10.8. The van der Waals surface area contributed by atoms with Gasteiger partial charge in [-0.2, -0.15) is 0 Å². The molecule has 0 unspecified atom stereocenters. The highest BCUT2D eigenvalue weighted by Gasteiger charge is 2.18. The molecule has 0 aromatic heterocycles. The highest BCUT2D eigenvalue weighted by atomic mass is 16.5. The molecule has 0 bridgehead atoms. The van der Waals surface area contributed by atoms with E-state index in [0.29, 0.717) is 13.1 Å². The lowest BCUT2D eigenvalue weighted by Gasteiger charge is -2.26. The van der Waals surface area contributed by atoms with Crippen LogP contribution in [-0.4, -0.2) is 30.1 Å². The third-order valence-electron chi connectivity index (χ3n) is 3.07. The maximum Gasteiger partial charge on any atom is 0.415 e. The number of ether oxygens (including phenoxy) is 1. The monoisotopic (exact) mass is 262 g/mol. The number of benzene rings is 1. The fraction of sp³-hybridized carbons (Fsp3) is 0.429. The lowest BCUT2D eigenvalue weighted by Crippen LogP contribution is -2.45. The van der Waals surface area contributed by atoms with Crippen LogP contribution in [-0.2, 0) is 11.3 Å². The highest BCUT2D eigenvalue weighted by molar-refractivity contribution is 5.90. The molecule has 1 saturated heterocycles. The number of nitrogens with one attached hydrogen (secondary N) is 1.